The molecule has 8 heteroatoms. The number of hydrogen-bond donors (Lipinski definition) is 2. The lowest BCUT2D eigenvalue weighted by Gasteiger charge is -2.32. The van der Waals surface area contributed by atoms with E-state index < -0.39 is 29.3 Å². The predicted molar refractivity (Wildman–Crippen MR) is 83.9 cm³/mol. The summed E-state index contributed by atoms with van der Waals surface area (Å²) in [6, 6.07) is 4.51. The van der Waals surface area contributed by atoms with Crippen LogP contribution in [-0.4, -0.2) is 55.9 Å². The molecular formula is C16H22N2O6. The molecule has 1 aliphatic heterocycles. The van der Waals surface area contributed by atoms with Crippen molar-refractivity contribution in [3.63, 3.8) is 0 Å². The molecule has 1 amide bonds. The summed E-state index contributed by atoms with van der Waals surface area (Å²) in [6.45, 7) is 6.64. The van der Waals surface area contributed by atoms with Crippen molar-refractivity contribution >= 4 is 12.1 Å². The summed E-state index contributed by atoms with van der Waals surface area (Å²) in [5.41, 5.74) is -2.17. The Kier molecular flexibility index (Phi) is 4.59. The van der Waals surface area contributed by atoms with Crippen molar-refractivity contribution in [1.82, 2.24) is 9.88 Å². The monoisotopic (exact) mass is 338 g/mol. The minimum absolute atomic E-state index is 0.0506. The van der Waals surface area contributed by atoms with Gasteiger partial charge in [-0.15, -0.1) is 0 Å². The summed E-state index contributed by atoms with van der Waals surface area (Å²) >= 11 is 0. The lowest BCUT2D eigenvalue weighted by atomic mass is 9.99. The highest BCUT2D eigenvalue weighted by atomic mass is 16.6. The van der Waals surface area contributed by atoms with E-state index in [2.05, 4.69) is 4.98 Å². The van der Waals surface area contributed by atoms with Crippen LogP contribution in [-0.2, 0) is 9.53 Å². The standard InChI is InChI=1S/C16H22N2O6/c1-15(2,3)24-14(22)18-9-10(8-16(18,4)13(20)21)23-12-7-5-6-11(19)17-12/h5-7,10H,8-9H2,1-4H3,(H,17,19)(H,20,21)/t10-,16+/m1/s1. The highest BCUT2D eigenvalue weighted by Crippen LogP contribution is 2.33. The summed E-state index contributed by atoms with van der Waals surface area (Å²) in [7, 11) is 0. The molecule has 0 saturated carbocycles. The zero-order chi connectivity index (χ0) is 18.1. The Labute approximate surface area is 140 Å². The maximum Gasteiger partial charge on any atom is 0.411 e. The zero-order valence-electron chi connectivity index (χ0n) is 14.1. The summed E-state index contributed by atoms with van der Waals surface area (Å²) in [6.07, 6.45) is -1.20. The zero-order valence-corrected chi connectivity index (χ0v) is 14.1. The molecule has 0 unspecified atom stereocenters. The van der Waals surface area contributed by atoms with E-state index in [1.54, 1.807) is 32.9 Å². The third-order valence-electron chi connectivity index (χ3n) is 3.68. The van der Waals surface area contributed by atoms with Crippen LogP contribution in [0.15, 0.2) is 18.2 Å². The number of pyridine rings is 1. The molecule has 2 N–H and O–H groups in total. The SMILES string of the molecule is CC(C)(C)OC(=O)N1C[C@H](Oc2cccc(O)n2)C[C@@]1(C)C(=O)O. The molecule has 24 heavy (non-hydrogen) atoms. The molecular weight excluding hydrogens is 316 g/mol. The van der Waals surface area contributed by atoms with Gasteiger partial charge in [-0.05, 0) is 27.7 Å². The number of ether oxygens (including phenoxy) is 2. The van der Waals surface area contributed by atoms with Gasteiger partial charge in [-0.1, -0.05) is 6.07 Å². The van der Waals surface area contributed by atoms with Gasteiger partial charge >= 0.3 is 12.1 Å². The number of carbonyl (C=O) groups is 2. The van der Waals surface area contributed by atoms with Gasteiger partial charge in [0.15, 0.2) is 0 Å². The number of carboxylic acids is 1. The molecule has 0 bridgehead atoms. The molecule has 2 rings (SSSR count). The first-order valence-electron chi connectivity index (χ1n) is 7.58. The fourth-order valence-corrected chi connectivity index (χ4v) is 2.54. The molecule has 0 aromatic carbocycles. The molecule has 2 heterocycles. The van der Waals surface area contributed by atoms with E-state index in [-0.39, 0.29) is 24.7 Å². The molecule has 132 valence electrons. The molecule has 0 radical (unpaired) electrons. The Hall–Kier alpha value is -2.51. The Balaban J connectivity index is 2.18. The van der Waals surface area contributed by atoms with E-state index in [1.165, 1.54) is 13.0 Å². The van der Waals surface area contributed by atoms with Gasteiger partial charge in [0.05, 0.1) is 6.54 Å². The molecule has 0 spiro atoms. The maximum atomic E-state index is 12.4. The van der Waals surface area contributed by atoms with Crippen molar-refractivity contribution in [2.75, 3.05) is 6.54 Å². The molecule has 1 fully saturated rings. The van der Waals surface area contributed by atoms with Crippen LogP contribution in [0, 0.1) is 0 Å². The molecule has 1 saturated heterocycles. The number of carbonyl (C=O) groups excluding carboxylic acids is 1. The lowest BCUT2D eigenvalue weighted by molar-refractivity contribution is -0.148. The van der Waals surface area contributed by atoms with Crippen LogP contribution in [0.1, 0.15) is 34.1 Å². The number of aromatic nitrogens is 1. The van der Waals surface area contributed by atoms with Crippen LogP contribution in [0.4, 0.5) is 4.79 Å². The average Bonchev–Trinajstić information content (AvgIpc) is 2.75. The minimum atomic E-state index is -1.44. The number of likely N-dealkylation sites (tertiary alicyclic amines) is 1. The third kappa shape index (κ3) is 3.87. The highest BCUT2D eigenvalue weighted by molar-refractivity contribution is 5.85. The van der Waals surface area contributed by atoms with E-state index in [9.17, 15) is 19.8 Å². The molecule has 1 aliphatic rings. The van der Waals surface area contributed by atoms with Gasteiger partial charge in [-0.25, -0.2) is 9.59 Å². The first-order chi connectivity index (χ1) is 11.0. The van der Waals surface area contributed by atoms with Crippen LogP contribution in [0.25, 0.3) is 0 Å². The number of hydrogen-bond acceptors (Lipinski definition) is 6. The Bertz CT molecular complexity index is 642. The van der Waals surface area contributed by atoms with Crippen molar-refractivity contribution in [2.45, 2.75) is 51.4 Å². The van der Waals surface area contributed by atoms with Crippen LogP contribution in [0.2, 0.25) is 0 Å². The second-order valence-corrected chi connectivity index (χ2v) is 6.95. The van der Waals surface area contributed by atoms with Crippen molar-refractivity contribution in [3.05, 3.63) is 18.2 Å². The van der Waals surface area contributed by atoms with Gasteiger partial charge in [0.2, 0.25) is 11.8 Å². The number of carboxylic acid groups (broad SMARTS) is 1. The topological polar surface area (TPSA) is 109 Å². The van der Waals surface area contributed by atoms with Crippen molar-refractivity contribution < 1.29 is 29.3 Å². The lowest BCUT2D eigenvalue weighted by Crippen LogP contribution is -2.52. The largest absolute Gasteiger partial charge is 0.493 e. The van der Waals surface area contributed by atoms with E-state index in [0.29, 0.717) is 0 Å². The number of rotatable bonds is 3. The fourth-order valence-electron chi connectivity index (χ4n) is 2.54. The number of aromatic hydroxyl groups is 1. The number of nitrogens with zero attached hydrogens (tertiary/aromatic N) is 2. The maximum absolute atomic E-state index is 12.4. The van der Waals surface area contributed by atoms with E-state index in [1.807, 2.05) is 0 Å². The second-order valence-electron chi connectivity index (χ2n) is 6.95. The van der Waals surface area contributed by atoms with Gasteiger partial charge in [0.1, 0.15) is 17.2 Å². The summed E-state index contributed by atoms with van der Waals surface area (Å²) < 4.78 is 10.9. The smallest absolute Gasteiger partial charge is 0.411 e. The van der Waals surface area contributed by atoms with Gasteiger partial charge in [-0.2, -0.15) is 4.98 Å². The summed E-state index contributed by atoms with van der Waals surface area (Å²) in [4.78, 5) is 29.0. The summed E-state index contributed by atoms with van der Waals surface area (Å²) in [5.74, 6) is -1.17. The number of amides is 1. The quantitative estimate of drug-likeness (QED) is 0.867. The van der Waals surface area contributed by atoms with Crippen LogP contribution >= 0.6 is 0 Å². The molecule has 2 atom stereocenters. The second kappa shape index (κ2) is 6.18. The Morgan fingerprint density at radius 1 is 1.38 bits per heavy atom. The van der Waals surface area contributed by atoms with Crippen molar-refractivity contribution in [3.8, 4) is 11.8 Å². The van der Waals surface area contributed by atoms with Crippen molar-refractivity contribution in [1.29, 1.82) is 0 Å². The Morgan fingerprint density at radius 2 is 2.04 bits per heavy atom. The van der Waals surface area contributed by atoms with E-state index in [4.69, 9.17) is 9.47 Å². The average molecular weight is 338 g/mol. The van der Waals surface area contributed by atoms with Gasteiger partial charge in [-0.3, -0.25) is 4.90 Å². The van der Waals surface area contributed by atoms with Crippen LogP contribution < -0.4 is 4.74 Å². The van der Waals surface area contributed by atoms with E-state index in [0.717, 1.165) is 4.90 Å². The fraction of sp³-hybridized carbons (Fsp3) is 0.562. The Morgan fingerprint density at radius 3 is 2.58 bits per heavy atom. The number of aliphatic carboxylic acids is 1. The van der Waals surface area contributed by atoms with Crippen molar-refractivity contribution in [2.24, 2.45) is 0 Å². The molecule has 8 nitrogen and oxygen atoms in total. The molecule has 1 aromatic rings. The highest BCUT2D eigenvalue weighted by Gasteiger charge is 2.52. The normalized spacial score (nSPS) is 23.8. The van der Waals surface area contributed by atoms with Gasteiger partial charge < -0.3 is 19.7 Å². The van der Waals surface area contributed by atoms with Crippen LogP contribution in [0.5, 0.6) is 11.8 Å². The predicted octanol–water partition coefficient (Wildman–Crippen LogP) is 2.02. The third-order valence-corrected chi connectivity index (χ3v) is 3.68. The molecule has 0 aliphatic carbocycles. The minimum Gasteiger partial charge on any atom is -0.493 e. The van der Waals surface area contributed by atoms with Gasteiger partial charge in [0.25, 0.3) is 0 Å². The molecule has 1 aromatic heterocycles. The summed E-state index contributed by atoms with van der Waals surface area (Å²) in [5, 5.41) is 18.9. The van der Waals surface area contributed by atoms with Gasteiger partial charge in [0, 0.05) is 18.6 Å². The first-order valence-corrected chi connectivity index (χ1v) is 7.58. The first kappa shape index (κ1) is 17.8. The van der Waals surface area contributed by atoms with Crippen LogP contribution in [0.3, 0.4) is 0 Å². The van der Waals surface area contributed by atoms with E-state index >= 15 is 0 Å².